The third-order valence-corrected chi connectivity index (χ3v) is 3.13. The lowest BCUT2D eigenvalue weighted by Gasteiger charge is -2.40. The monoisotopic (exact) mass is 368 g/mol. The number of carbonyl (C=O) groups is 3. The number of esters is 3. The maximum atomic E-state index is 11.7. The summed E-state index contributed by atoms with van der Waals surface area (Å²) in [5.41, 5.74) is 0. The molecule has 0 aromatic carbocycles. The summed E-state index contributed by atoms with van der Waals surface area (Å²) in [6, 6.07) is 0. The van der Waals surface area contributed by atoms with Crippen molar-refractivity contribution in [2.24, 2.45) is 0 Å². The Morgan fingerprint density at radius 1 is 0.923 bits per heavy atom. The summed E-state index contributed by atoms with van der Waals surface area (Å²) >= 11 is 0. The van der Waals surface area contributed by atoms with Gasteiger partial charge in [-0.2, -0.15) is 0 Å². The molecule has 9 heteroatoms. The zero-order chi connectivity index (χ0) is 19.7. The van der Waals surface area contributed by atoms with E-state index in [0.29, 0.717) is 0 Å². The van der Waals surface area contributed by atoms with Crippen LogP contribution >= 0.6 is 0 Å². The van der Waals surface area contributed by atoms with Crippen molar-refractivity contribution in [2.75, 3.05) is 6.61 Å². The number of aliphatic hydroxyl groups excluding tert-OH is 1. The van der Waals surface area contributed by atoms with E-state index in [2.05, 4.69) is 26.3 Å². The average molecular weight is 368 g/mol. The Kier molecular flexibility index (Phi) is 8.43. The fraction of sp³-hybridized carbons (Fsp3) is 0.353. The molecule has 1 rings (SSSR count). The second kappa shape index (κ2) is 10.3. The first-order valence-electron chi connectivity index (χ1n) is 7.43. The number of hydrogen-bond donors (Lipinski definition) is 1. The van der Waals surface area contributed by atoms with Gasteiger partial charge < -0.3 is 28.8 Å². The van der Waals surface area contributed by atoms with E-state index in [1.807, 2.05) is 0 Å². The summed E-state index contributed by atoms with van der Waals surface area (Å²) in [4.78, 5) is 34.7. The van der Waals surface area contributed by atoms with Crippen LogP contribution in [-0.2, 0) is 38.1 Å². The van der Waals surface area contributed by atoms with E-state index < -0.39 is 48.8 Å². The second-order valence-corrected chi connectivity index (χ2v) is 4.85. The van der Waals surface area contributed by atoms with Gasteiger partial charge in [-0.1, -0.05) is 26.3 Å². The molecular formula is C17H20O9. The summed E-state index contributed by atoms with van der Waals surface area (Å²) in [7, 11) is 0. The van der Waals surface area contributed by atoms with Gasteiger partial charge in [-0.25, -0.2) is 14.4 Å². The first kappa shape index (κ1) is 21.3. The van der Waals surface area contributed by atoms with Gasteiger partial charge in [0.15, 0.2) is 24.6 Å². The Labute approximate surface area is 150 Å². The van der Waals surface area contributed by atoms with Crippen LogP contribution in [-0.4, -0.2) is 60.5 Å². The molecule has 0 spiro atoms. The molecular weight excluding hydrogens is 348 g/mol. The van der Waals surface area contributed by atoms with Crippen LogP contribution in [0.3, 0.4) is 0 Å². The molecule has 1 N–H and O–H groups in total. The second-order valence-electron chi connectivity index (χ2n) is 4.85. The van der Waals surface area contributed by atoms with Crippen molar-refractivity contribution < 1.29 is 43.2 Å². The van der Waals surface area contributed by atoms with Gasteiger partial charge in [0, 0.05) is 18.2 Å². The molecule has 1 saturated heterocycles. The van der Waals surface area contributed by atoms with Crippen molar-refractivity contribution in [2.45, 2.75) is 30.9 Å². The topological polar surface area (TPSA) is 118 Å². The van der Waals surface area contributed by atoms with Crippen LogP contribution in [0.4, 0.5) is 0 Å². The summed E-state index contributed by atoms with van der Waals surface area (Å²) in [5.74, 6) is -2.50. The van der Waals surface area contributed by atoms with Crippen LogP contribution in [0.15, 0.2) is 50.6 Å². The number of ether oxygens (including phenoxy) is 5. The van der Waals surface area contributed by atoms with Gasteiger partial charge in [0.2, 0.25) is 6.29 Å². The predicted molar refractivity (Wildman–Crippen MR) is 87.3 cm³/mol. The number of rotatable bonds is 9. The van der Waals surface area contributed by atoms with Gasteiger partial charge in [-0.3, -0.25) is 0 Å². The van der Waals surface area contributed by atoms with E-state index in [0.717, 1.165) is 24.3 Å². The molecule has 2 unspecified atom stereocenters. The molecule has 0 aliphatic carbocycles. The SMILES string of the molecule is C=CC(=O)OC1OC[C@@H](OC(=O)C=C)[C@@H](OC(=O)C=C)[C@@H]1OC(O)C=C. The lowest BCUT2D eigenvalue weighted by atomic mass is 10.0. The molecule has 0 amide bonds. The standard InChI is InChI=1S/C17H20O9/c1-5-11(18)23-10-9-22-17(26-14(21)8-4)16(25-13(20)7-3)15(10)24-12(19)6-2/h5-8,10,13,15-17,20H,1-4,9H2/t10-,13?,15-,16+,17?/m1/s1. The van der Waals surface area contributed by atoms with Gasteiger partial charge in [0.05, 0.1) is 6.61 Å². The smallest absolute Gasteiger partial charge is 0.332 e. The minimum absolute atomic E-state index is 0.284. The van der Waals surface area contributed by atoms with E-state index in [1.54, 1.807) is 0 Å². The highest BCUT2D eigenvalue weighted by Gasteiger charge is 2.48. The zero-order valence-electron chi connectivity index (χ0n) is 13.9. The van der Waals surface area contributed by atoms with Crippen molar-refractivity contribution in [3.05, 3.63) is 50.6 Å². The van der Waals surface area contributed by atoms with E-state index in [4.69, 9.17) is 23.7 Å². The number of carbonyl (C=O) groups excluding carboxylic acids is 3. The Morgan fingerprint density at radius 2 is 1.46 bits per heavy atom. The van der Waals surface area contributed by atoms with Gasteiger partial charge in [-0.15, -0.1) is 0 Å². The van der Waals surface area contributed by atoms with Crippen LogP contribution in [0.2, 0.25) is 0 Å². The number of aliphatic hydroxyl groups is 1. The molecule has 5 atom stereocenters. The normalized spacial score (nSPS) is 25.9. The maximum absolute atomic E-state index is 11.7. The van der Waals surface area contributed by atoms with Crippen molar-refractivity contribution in [3.63, 3.8) is 0 Å². The summed E-state index contributed by atoms with van der Waals surface area (Å²) < 4.78 is 25.8. The van der Waals surface area contributed by atoms with Gasteiger partial charge in [0.1, 0.15) is 0 Å². The van der Waals surface area contributed by atoms with Gasteiger partial charge in [-0.05, 0) is 6.08 Å². The molecule has 1 aliphatic rings. The highest BCUT2D eigenvalue weighted by Crippen LogP contribution is 2.26. The molecule has 142 valence electrons. The van der Waals surface area contributed by atoms with E-state index in [9.17, 15) is 19.5 Å². The fourth-order valence-electron chi connectivity index (χ4n) is 1.99. The van der Waals surface area contributed by atoms with Crippen LogP contribution in [0.1, 0.15) is 0 Å². The largest absolute Gasteiger partial charge is 0.453 e. The molecule has 0 saturated carbocycles. The minimum atomic E-state index is -1.51. The van der Waals surface area contributed by atoms with Crippen molar-refractivity contribution in [3.8, 4) is 0 Å². The van der Waals surface area contributed by atoms with Crippen LogP contribution in [0.25, 0.3) is 0 Å². The van der Waals surface area contributed by atoms with E-state index in [1.165, 1.54) is 0 Å². The lowest BCUT2D eigenvalue weighted by Crippen LogP contribution is -2.58. The highest BCUT2D eigenvalue weighted by molar-refractivity contribution is 5.82. The first-order valence-corrected chi connectivity index (χ1v) is 7.43. The van der Waals surface area contributed by atoms with Crippen LogP contribution in [0, 0.1) is 0 Å². The predicted octanol–water partition coefficient (Wildman–Crippen LogP) is 0.157. The van der Waals surface area contributed by atoms with Crippen LogP contribution < -0.4 is 0 Å². The van der Waals surface area contributed by atoms with Crippen molar-refractivity contribution in [1.29, 1.82) is 0 Å². The maximum Gasteiger partial charge on any atom is 0.332 e. The molecule has 9 nitrogen and oxygen atoms in total. The summed E-state index contributed by atoms with van der Waals surface area (Å²) in [6.07, 6.45) is -2.91. The molecule has 0 bridgehead atoms. The molecule has 1 aliphatic heterocycles. The Balaban J connectivity index is 3.15. The average Bonchev–Trinajstić information content (AvgIpc) is 2.65. The molecule has 0 radical (unpaired) electrons. The Hall–Kier alpha value is -2.75. The lowest BCUT2D eigenvalue weighted by molar-refractivity contribution is -0.295. The molecule has 26 heavy (non-hydrogen) atoms. The fourth-order valence-corrected chi connectivity index (χ4v) is 1.99. The van der Waals surface area contributed by atoms with Crippen molar-refractivity contribution >= 4 is 17.9 Å². The summed E-state index contributed by atoms with van der Waals surface area (Å²) in [5, 5.41) is 9.70. The minimum Gasteiger partial charge on any atom is -0.453 e. The molecule has 1 heterocycles. The highest BCUT2D eigenvalue weighted by atomic mass is 16.7. The van der Waals surface area contributed by atoms with Gasteiger partial charge in [0.25, 0.3) is 0 Å². The Morgan fingerprint density at radius 3 is 2.00 bits per heavy atom. The van der Waals surface area contributed by atoms with Crippen molar-refractivity contribution in [1.82, 2.24) is 0 Å². The third kappa shape index (κ3) is 5.96. The van der Waals surface area contributed by atoms with Crippen LogP contribution in [0.5, 0.6) is 0 Å². The zero-order valence-corrected chi connectivity index (χ0v) is 13.9. The van der Waals surface area contributed by atoms with Gasteiger partial charge >= 0.3 is 17.9 Å². The third-order valence-electron chi connectivity index (χ3n) is 3.13. The Bertz CT molecular complexity index is 583. The quantitative estimate of drug-likeness (QED) is 0.200. The van der Waals surface area contributed by atoms with E-state index >= 15 is 0 Å². The first-order chi connectivity index (χ1) is 12.4. The molecule has 0 aromatic rings. The summed E-state index contributed by atoms with van der Waals surface area (Å²) in [6.45, 7) is 12.9. The number of hydrogen-bond acceptors (Lipinski definition) is 9. The molecule has 1 fully saturated rings. The molecule has 0 aromatic heterocycles. The van der Waals surface area contributed by atoms with E-state index in [-0.39, 0.29) is 6.61 Å².